The highest BCUT2D eigenvalue weighted by Gasteiger charge is 2.32. The van der Waals surface area contributed by atoms with Gasteiger partial charge in [-0.15, -0.1) is 0 Å². The van der Waals surface area contributed by atoms with Gasteiger partial charge in [-0.1, -0.05) is 0 Å². The van der Waals surface area contributed by atoms with Crippen molar-refractivity contribution in [3.63, 3.8) is 0 Å². The van der Waals surface area contributed by atoms with Gasteiger partial charge in [0.15, 0.2) is 6.04 Å². The summed E-state index contributed by atoms with van der Waals surface area (Å²) < 4.78 is 14.9. The third kappa shape index (κ3) is 3.02. The topological polar surface area (TPSA) is 86.7 Å². The van der Waals surface area contributed by atoms with Crippen LogP contribution in [0, 0.1) is 0 Å². The summed E-state index contributed by atoms with van der Waals surface area (Å²) in [5.74, 6) is -0.161. The summed E-state index contributed by atoms with van der Waals surface area (Å²) in [6, 6.07) is -0.521. The molecule has 0 spiro atoms. The first-order chi connectivity index (χ1) is 9.15. The minimum absolute atomic E-state index is 0.00282. The summed E-state index contributed by atoms with van der Waals surface area (Å²) in [6.07, 6.45) is 0. The largest absolute Gasteiger partial charge is 0.467 e. The summed E-state index contributed by atoms with van der Waals surface area (Å²) in [5, 5.41) is -0.00282. The molecule has 0 saturated carbocycles. The van der Waals surface area contributed by atoms with Crippen LogP contribution in [0.3, 0.4) is 0 Å². The average molecular weight is 289 g/mol. The minimum Gasteiger partial charge on any atom is -0.467 e. The van der Waals surface area contributed by atoms with E-state index >= 15 is 0 Å². The Morgan fingerprint density at radius 2 is 2.21 bits per heavy atom. The molecule has 1 aliphatic rings. The van der Waals surface area contributed by atoms with Crippen molar-refractivity contribution in [2.75, 3.05) is 38.9 Å². The second-order valence-electron chi connectivity index (χ2n) is 3.70. The maximum atomic E-state index is 11.7. The van der Waals surface area contributed by atoms with Crippen LogP contribution in [-0.4, -0.2) is 60.9 Å². The molecule has 2 rings (SSSR count). The fraction of sp³-hybridized carbons (Fsp3) is 0.600. The Hall–Kier alpha value is -1.67. The van der Waals surface area contributed by atoms with E-state index in [1.807, 2.05) is 0 Å². The van der Waals surface area contributed by atoms with Crippen LogP contribution in [0.1, 0.15) is 0 Å². The van der Waals surface area contributed by atoms with Gasteiger partial charge in [0.2, 0.25) is 11.2 Å². The van der Waals surface area contributed by atoms with Crippen LogP contribution >= 0.6 is 11.6 Å². The standard InChI is InChI=1S/C10H13ClN4O4/c1-17-7(16)6-5-19-4-3-15(6)9-12-8(11)13-10(14-9)18-2/h6H,3-5H2,1-2H3. The molecule has 0 aliphatic carbocycles. The van der Waals surface area contributed by atoms with E-state index in [0.717, 1.165) is 0 Å². The maximum Gasteiger partial charge on any atom is 0.331 e. The number of hydrogen-bond donors (Lipinski definition) is 0. The number of nitrogens with zero attached hydrogens (tertiary/aromatic N) is 4. The quantitative estimate of drug-likeness (QED) is 0.713. The van der Waals surface area contributed by atoms with Gasteiger partial charge in [0, 0.05) is 6.54 Å². The monoisotopic (exact) mass is 288 g/mol. The van der Waals surface area contributed by atoms with Crippen LogP contribution in [0.15, 0.2) is 0 Å². The molecule has 0 radical (unpaired) electrons. The smallest absolute Gasteiger partial charge is 0.331 e. The first-order valence-corrected chi connectivity index (χ1v) is 5.91. The Morgan fingerprint density at radius 3 is 2.89 bits per heavy atom. The SMILES string of the molecule is COC(=O)C1COCCN1c1nc(Cl)nc(OC)n1. The second-order valence-corrected chi connectivity index (χ2v) is 4.04. The molecule has 1 saturated heterocycles. The zero-order valence-corrected chi connectivity index (χ0v) is 11.3. The zero-order valence-electron chi connectivity index (χ0n) is 10.5. The van der Waals surface area contributed by atoms with Gasteiger partial charge in [-0.2, -0.15) is 15.0 Å². The van der Waals surface area contributed by atoms with Gasteiger partial charge in [0.1, 0.15) is 0 Å². The molecule has 1 aromatic rings. The summed E-state index contributed by atoms with van der Waals surface area (Å²) in [4.78, 5) is 25.2. The van der Waals surface area contributed by atoms with Crippen LogP contribution in [-0.2, 0) is 14.3 Å². The number of methoxy groups -OCH3 is 2. The molecule has 1 aromatic heterocycles. The first-order valence-electron chi connectivity index (χ1n) is 5.53. The number of hydrogen-bond acceptors (Lipinski definition) is 8. The van der Waals surface area contributed by atoms with Gasteiger partial charge in [0.05, 0.1) is 27.4 Å². The Bertz CT molecular complexity index is 473. The van der Waals surface area contributed by atoms with E-state index in [-0.39, 0.29) is 23.8 Å². The van der Waals surface area contributed by atoms with Gasteiger partial charge in [0.25, 0.3) is 0 Å². The average Bonchev–Trinajstić information content (AvgIpc) is 2.45. The van der Waals surface area contributed by atoms with Crippen LogP contribution < -0.4 is 9.64 Å². The third-order valence-corrected chi connectivity index (χ3v) is 2.79. The number of ether oxygens (including phenoxy) is 3. The van der Waals surface area contributed by atoms with Crippen LogP contribution in [0.25, 0.3) is 0 Å². The van der Waals surface area contributed by atoms with Crippen molar-refractivity contribution in [3.8, 4) is 6.01 Å². The summed E-state index contributed by atoms with van der Waals surface area (Å²) in [7, 11) is 2.74. The number of halogens is 1. The predicted molar refractivity (Wildman–Crippen MR) is 65.4 cm³/mol. The molecule has 9 heteroatoms. The number of carbonyl (C=O) groups is 1. The lowest BCUT2D eigenvalue weighted by Crippen LogP contribution is -2.51. The highest BCUT2D eigenvalue weighted by molar-refractivity contribution is 6.28. The fourth-order valence-electron chi connectivity index (χ4n) is 1.72. The molecular formula is C10H13ClN4O4. The number of morpholine rings is 1. The molecule has 8 nitrogen and oxygen atoms in total. The molecule has 19 heavy (non-hydrogen) atoms. The van der Waals surface area contributed by atoms with E-state index in [1.54, 1.807) is 4.90 Å². The van der Waals surface area contributed by atoms with E-state index in [0.29, 0.717) is 13.2 Å². The lowest BCUT2D eigenvalue weighted by atomic mass is 10.2. The highest BCUT2D eigenvalue weighted by Crippen LogP contribution is 2.19. The van der Waals surface area contributed by atoms with E-state index in [9.17, 15) is 4.79 Å². The van der Waals surface area contributed by atoms with Crippen molar-refractivity contribution < 1.29 is 19.0 Å². The van der Waals surface area contributed by atoms with E-state index in [4.69, 9.17) is 25.8 Å². The Balaban J connectivity index is 2.31. The Kier molecular flexibility index (Phi) is 4.33. The zero-order chi connectivity index (χ0) is 13.8. The van der Waals surface area contributed by atoms with Crippen molar-refractivity contribution in [3.05, 3.63) is 5.28 Å². The molecule has 1 fully saturated rings. The summed E-state index contributed by atoms with van der Waals surface area (Å²) in [6.45, 7) is 1.11. The minimum atomic E-state index is -0.609. The maximum absolute atomic E-state index is 11.7. The van der Waals surface area contributed by atoms with Crippen molar-refractivity contribution in [1.82, 2.24) is 15.0 Å². The van der Waals surface area contributed by atoms with Crippen molar-refractivity contribution in [1.29, 1.82) is 0 Å². The summed E-state index contributed by atoms with van der Waals surface area (Å²) in [5.41, 5.74) is 0. The van der Waals surface area contributed by atoms with Crippen molar-refractivity contribution in [2.24, 2.45) is 0 Å². The van der Waals surface area contributed by atoms with E-state index < -0.39 is 12.0 Å². The molecule has 2 heterocycles. The van der Waals surface area contributed by atoms with Gasteiger partial charge in [-0.3, -0.25) is 0 Å². The molecule has 0 bridgehead atoms. The van der Waals surface area contributed by atoms with Gasteiger partial charge in [-0.05, 0) is 11.6 Å². The van der Waals surface area contributed by atoms with E-state index in [1.165, 1.54) is 14.2 Å². The molecule has 0 aromatic carbocycles. The van der Waals surface area contributed by atoms with Gasteiger partial charge < -0.3 is 19.1 Å². The normalized spacial score (nSPS) is 19.1. The fourth-order valence-corrected chi connectivity index (χ4v) is 1.86. The number of carbonyl (C=O) groups excluding carboxylic acids is 1. The van der Waals surface area contributed by atoms with Gasteiger partial charge >= 0.3 is 12.0 Å². The lowest BCUT2D eigenvalue weighted by molar-refractivity contribution is -0.144. The molecule has 1 aliphatic heterocycles. The third-order valence-electron chi connectivity index (χ3n) is 2.62. The second kappa shape index (κ2) is 5.98. The molecule has 1 unspecified atom stereocenters. The molecule has 104 valence electrons. The number of rotatable bonds is 3. The van der Waals surface area contributed by atoms with Gasteiger partial charge in [-0.25, -0.2) is 4.79 Å². The van der Waals surface area contributed by atoms with Crippen molar-refractivity contribution in [2.45, 2.75) is 6.04 Å². The molecule has 1 atom stereocenters. The van der Waals surface area contributed by atoms with Crippen LogP contribution in [0.2, 0.25) is 5.28 Å². The highest BCUT2D eigenvalue weighted by atomic mass is 35.5. The number of aromatic nitrogens is 3. The van der Waals surface area contributed by atoms with Crippen LogP contribution in [0.5, 0.6) is 6.01 Å². The summed E-state index contributed by atoms with van der Waals surface area (Å²) >= 11 is 5.79. The number of esters is 1. The van der Waals surface area contributed by atoms with Crippen LogP contribution in [0.4, 0.5) is 5.95 Å². The van der Waals surface area contributed by atoms with E-state index in [2.05, 4.69) is 15.0 Å². The number of anilines is 1. The molecular weight excluding hydrogens is 276 g/mol. The van der Waals surface area contributed by atoms with Crippen molar-refractivity contribution >= 4 is 23.5 Å². The Morgan fingerprint density at radius 1 is 1.42 bits per heavy atom. The molecule has 0 N–H and O–H groups in total. The Labute approximate surface area is 114 Å². The lowest BCUT2D eigenvalue weighted by Gasteiger charge is -2.33. The predicted octanol–water partition coefficient (Wildman–Crippen LogP) is -0.0882. The first kappa shape index (κ1) is 13.8. The molecule has 0 amide bonds.